The first-order valence-corrected chi connectivity index (χ1v) is 7.54. The normalized spacial score (nSPS) is 12.1. The maximum atomic E-state index is 11.0. The summed E-state index contributed by atoms with van der Waals surface area (Å²) in [4.78, 5) is 0. The lowest BCUT2D eigenvalue weighted by atomic mass is 10.2. The van der Waals surface area contributed by atoms with Crippen LogP contribution >= 0.6 is 0 Å². The Balaban J connectivity index is 2.14. The smallest absolute Gasteiger partial charge is 0.147 e. The minimum Gasteiger partial charge on any atom is -0.399 e. The van der Waals surface area contributed by atoms with E-state index >= 15 is 0 Å². The first-order valence-electron chi connectivity index (χ1n) is 5.48. The summed E-state index contributed by atoms with van der Waals surface area (Å²) >= 11 is 0. The molecule has 2 aromatic rings. The molecule has 0 bridgehead atoms. The third-order valence-corrected chi connectivity index (χ3v) is 3.74. The zero-order valence-electron chi connectivity index (χ0n) is 9.76. The summed E-state index contributed by atoms with van der Waals surface area (Å²) in [7, 11) is -2.87. The lowest BCUT2D eigenvalue weighted by Crippen LogP contribution is -2.06. The number of hydrogen-bond donors (Lipinski definition) is 1. The quantitative estimate of drug-likeness (QED) is 0.842. The molecule has 0 atom stereocenters. The Morgan fingerprint density at radius 3 is 2.76 bits per heavy atom. The molecule has 92 valence electrons. The van der Waals surface area contributed by atoms with Crippen molar-refractivity contribution in [1.29, 1.82) is 0 Å². The number of rotatable bonds is 4. The molecule has 1 aromatic heterocycles. The second-order valence-electron chi connectivity index (χ2n) is 4.31. The number of aryl methyl sites for hydroxylation is 1. The fourth-order valence-corrected chi connectivity index (χ4v) is 2.56. The Kier molecular flexibility index (Phi) is 3.11. The molecule has 0 amide bonds. The summed E-state index contributed by atoms with van der Waals surface area (Å²) in [5.74, 6) is 0.224. The number of nitrogens with zero attached hydrogens (tertiary/aromatic N) is 1. The molecule has 0 fully saturated rings. The maximum Gasteiger partial charge on any atom is 0.147 e. The average Bonchev–Trinajstić information content (AvgIpc) is 2.59. The SMILES string of the molecule is CS(=O)(=O)CCCn1ccc2cc(N)ccc21. The Labute approximate surface area is 101 Å². The highest BCUT2D eigenvalue weighted by Crippen LogP contribution is 2.19. The van der Waals surface area contributed by atoms with Crippen LogP contribution in [0.25, 0.3) is 10.9 Å². The highest BCUT2D eigenvalue weighted by molar-refractivity contribution is 7.90. The monoisotopic (exact) mass is 252 g/mol. The number of benzene rings is 1. The molecule has 0 aliphatic carbocycles. The standard InChI is InChI=1S/C12H16N2O2S/c1-17(15,16)8-2-6-14-7-5-10-9-11(13)3-4-12(10)14/h3-5,7,9H,2,6,8,13H2,1H3. The van der Waals surface area contributed by atoms with Crippen molar-refractivity contribution in [2.75, 3.05) is 17.7 Å². The maximum absolute atomic E-state index is 11.0. The van der Waals surface area contributed by atoms with Gasteiger partial charge in [0.1, 0.15) is 9.84 Å². The molecule has 0 unspecified atom stereocenters. The summed E-state index contributed by atoms with van der Waals surface area (Å²) in [5.41, 5.74) is 7.53. The third-order valence-electron chi connectivity index (χ3n) is 2.71. The second-order valence-corrected chi connectivity index (χ2v) is 6.57. The van der Waals surface area contributed by atoms with Crippen molar-refractivity contribution in [1.82, 2.24) is 4.57 Å². The van der Waals surface area contributed by atoms with E-state index in [2.05, 4.69) is 4.57 Å². The summed E-state index contributed by atoms with van der Waals surface area (Å²) in [6.45, 7) is 0.709. The van der Waals surface area contributed by atoms with E-state index in [0.717, 1.165) is 16.6 Å². The minimum atomic E-state index is -2.87. The molecule has 0 spiro atoms. The van der Waals surface area contributed by atoms with E-state index in [9.17, 15) is 8.42 Å². The Morgan fingerprint density at radius 1 is 1.29 bits per heavy atom. The molecule has 0 aliphatic heterocycles. The number of fused-ring (bicyclic) bond motifs is 1. The molecule has 0 aliphatic rings. The van der Waals surface area contributed by atoms with Crippen molar-refractivity contribution < 1.29 is 8.42 Å². The summed E-state index contributed by atoms with van der Waals surface area (Å²) in [5, 5.41) is 1.09. The lowest BCUT2D eigenvalue weighted by molar-refractivity contribution is 0.593. The molecule has 5 heteroatoms. The van der Waals surface area contributed by atoms with Crippen LogP contribution in [0.5, 0.6) is 0 Å². The number of sulfone groups is 1. The highest BCUT2D eigenvalue weighted by Gasteiger charge is 2.04. The van der Waals surface area contributed by atoms with Crippen molar-refractivity contribution in [2.45, 2.75) is 13.0 Å². The van der Waals surface area contributed by atoms with Gasteiger partial charge < -0.3 is 10.3 Å². The van der Waals surface area contributed by atoms with E-state index in [0.29, 0.717) is 13.0 Å². The summed E-state index contributed by atoms with van der Waals surface area (Å²) in [6.07, 6.45) is 3.86. The molecule has 0 radical (unpaired) electrons. The predicted molar refractivity (Wildman–Crippen MR) is 70.7 cm³/mol. The van der Waals surface area contributed by atoms with Gasteiger partial charge in [0, 0.05) is 35.6 Å². The Hall–Kier alpha value is -1.49. The lowest BCUT2D eigenvalue weighted by Gasteiger charge is -2.05. The van der Waals surface area contributed by atoms with Gasteiger partial charge in [0.15, 0.2) is 0 Å². The van der Waals surface area contributed by atoms with E-state index in [1.807, 2.05) is 30.5 Å². The van der Waals surface area contributed by atoms with E-state index in [1.165, 1.54) is 6.26 Å². The fourth-order valence-electron chi connectivity index (χ4n) is 1.91. The third kappa shape index (κ3) is 3.00. The van der Waals surface area contributed by atoms with Crippen molar-refractivity contribution in [3.05, 3.63) is 30.5 Å². The van der Waals surface area contributed by atoms with Crippen LogP contribution in [0, 0.1) is 0 Å². The Morgan fingerprint density at radius 2 is 2.06 bits per heavy atom. The first kappa shape index (κ1) is 12.0. The van der Waals surface area contributed by atoms with Crippen molar-refractivity contribution in [3.63, 3.8) is 0 Å². The van der Waals surface area contributed by atoms with Crippen LogP contribution in [0.3, 0.4) is 0 Å². The molecule has 2 rings (SSSR count). The van der Waals surface area contributed by atoms with E-state index in [4.69, 9.17) is 5.73 Å². The zero-order valence-corrected chi connectivity index (χ0v) is 10.6. The van der Waals surface area contributed by atoms with E-state index < -0.39 is 9.84 Å². The van der Waals surface area contributed by atoms with Gasteiger partial charge in [-0.15, -0.1) is 0 Å². The van der Waals surface area contributed by atoms with Crippen LogP contribution in [-0.2, 0) is 16.4 Å². The zero-order chi connectivity index (χ0) is 12.5. The van der Waals surface area contributed by atoms with Crippen molar-refractivity contribution in [3.8, 4) is 0 Å². The summed E-state index contributed by atoms with van der Waals surface area (Å²) < 4.78 is 24.1. The van der Waals surface area contributed by atoms with Crippen LogP contribution in [0.15, 0.2) is 30.5 Å². The molecular formula is C12H16N2O2S. The van der Waals surface area contributed by atoms with Gasteiger partial charge in [-0.05, 0) is 30.7 Å². The van der Waals surface area contributed by atoms with Gasteiger partial charge in [0.05, 0.1) is 5.75 Å². The minimum absolute atomic E-state index is 0.224. The van der Waals surface area contributed by atoms with Gasteiger partial charge in [0.25, 0.3) is 0 Å². The predicted octanol–water partition coefficient (Wildman–Crippen LogP) is 1.66. The molecule has 1 aromatic carbocycles. The van der Waals surface area contributed by atoms with Gasteiger partial charge >= 0.3 is 0 Å². The number of anilines is 1. The van der Waals surface area contributed by atoms with Crippen LogP contribution in [-0.4, -0.2) is 25.0 Å². The topological polar surface area (TPSA) is 65.1 Å². The largest absolute Gasteiger partial charge is 0.399 e. The average molecular weight is 252 g/mol. The Bertz CT molecular complexity index is 629. The van der Waals surface area contributed by atoms with Gasteiger partial charge in [-0.2, -0.15) is 0 Å². The van der Waals surface area contributed by atoms with Gasteiger partial charge in [-0.3, -0.25) is 0 Å². The summed E-state index contributed by atoms with van der Waals surface area (Å²) in [6, 6.07) is 7.73. The van der Waals surface area contributed by atoms with Crippen molar-refractivity contribution in [2.24, 2.45) is 0 Å². The van der Waals surface area contributed by atoms with Crippen LogP contribution in [0.1, 0.15) is 6.42 Å². The second kappa shape index (κ2) is 4.41. The van der Waals surface area contributed by atoms with Crippen LogP contribution in [0.2, 0.25) is 0 Å². The number of hydrogen-bond acceptors (Lipinski definition) is 3. The van der Waals surface area contributed by atoms with Gasteiger partial charge in [-0.25, -0.2) is 8.42 Å². The fraction of sp³-hybridized carbons (Fsp3) is 0.333. The van der Waals surface area contributed by atoms with Crippen LogP contribution in [0.4, 0.5) is 5.69 Å². The van der Waals surface area contributed by atoms with Crippen LogP contribution < -0.4 is 5.73 Å². The molecule has 17 heavy (non-hydrogen) atoms. The number of nitrogens with two attached hydrogens (primary N) is 1. The first-order chi connectivity index (χ1) is 7.96. The van der Waals surface area contributed by atoms with E-state index in [-0.39, 0.29) is 5.75 Å². The van der Waals surface area contributed by atoms with Crippen molar-refractivity contribution >= 4 is 26.4 Å². The number of aromatic nitrogens is 1. The molecule has 2 N–H and O–H groups in total. The molecule has 4 nitrogen and oxygen atoms in total. The van der Waals surface area contributed by atoms with E-state index in [1.54, 1.807) is 0 Å². The molecule has 0 saturated carbocycles. The van der Waals surface area contributed by atoms with Gasteiger partial charge in [0.2, 0.25) is 0 Å². The van der Waals surface area contributed by atoms with Gasteiger partial charge in [-0.1, -0.05) is 0 Å². The molecular weight excluding hydrogens is 236 g/mol. The highest BCUT2D eigenvalue weighted by atomic mass is 32.2. The molecule has 1 heterocycles. The number of nitrogen functional groups attached to an aromatic ring is 1. The molecule has 0 saturated heterocycles.